The van der Waals surface area contributed by atoms with Crippen LogP contribution in [-0.2, 0) is 14.2 Å². The third-order valence-corrected chi connectivity index (χ3v) is 5.62. The van der Waals surface area contributed by atoms with Crippen LogP contribution in [-0.4, -0.2) is 55.3 Å². The summed E-state index contributed by atoms with van der Waals surface area (Å²) in [4.78, 5) is 0. The second kappa shape index (κ2) is 8.77. The lowest BCUT2D eigenvalue weighted by Crippen LogP contribution is -2.62. The molecular weight excluding hydrogens is 357 g/mol. The molecule has 114 valence electrons. The monoisotopic (exact) mass is 385 g/mol. The molecule has 5 atom stereocenters. The predicted octanol–water partition coefficient (Wildman–Crippen LogP) is 2.89. The number of ether oxygens (including phenoxy) is 3. The van der Waals surface area contributed by atoms with Crippen LogP contribution in [0.15, 0.2) is 0 Å². The first-order chi connectivity index (χ1) is 9.15. The normalized spacial score (nSPS) is 36.6. The maximum Gasteiger partial charge on any atom is 0.0998 e. The van der Waals surface area contributed by atoms with Gasteiger partial charge in [0, 0.05) is 62.2 Å². The topological polar surface area (TPSA) is 30.9 Å². The number of halogens is 1. The Bertz CT molecular complexity index is 229. The van der Waals surface area contributed by atoms with Gasteiger partial charge in [0.1, 0.15) is 0 Å². The molecule has 0 bridgehead atoms. The number of piperidine rings is 1. The summed E-state index contributed by atoms with van der Waals surface area (Å²) in [5.41, 5.74) is 0. The lowest BCUT2D eigenvalue weighted by Gasteiger charge is -2.50. The lowest BCUT2D eigenvalue weighted by atomic mass is 9.80. The van der Waals surface area contributed by atoms with Crippen molar-refractivity contribution in [3.8, 4) is 0 Å². The standard InChI is InChI=1S/C14H28INO3/c1-6-8-11-14(19-5)13(18-4)10(7-2)12(9-17-3)16(11)15/h10-14H,6-9H2,1-5H3. The van der Waals surface area contributed by atoms with Crippen LogP contribution in [0.1, 0.15) is 33.1 Å². The second-order valence-electron chi connectivity index (χ2n) is 5.20. The molecular formula is C14H28INO3. The Kier molecular flexibility index (Phi) is 8.13. The van der Waals surface area contributed by atoms with Crippen molar-refractivity contribution in [2.75, 3.05) is 27.9 Å². The number of rotatable bonds is 7. The minimum atomic E-state index is 0.139. The van der Waals surface area contributed by atoms with Crippen LogP contribution in [0.3, 0.4) is 0 Å². The molecule has 0 aliphatic carbocycles. The van der Waals surface area contributed by atoms with E-state index in [0.717, 1.165) is 25.9 Å². The summed E-state index contributed by atoms with van der Waals surface area (Å²) in [5.74, 6) is 0.444. The van der Waals surface area contributed by atoms with E-state index in [4.69, 9.17) is 14.2 Å². The zero-order valence-electron chi connectivity index (χ0n) is 12.8. The molecule has 19 heavy (non-hydrogen) atoms. The van der Waals surface area contributed by atoms with E-state index in [1.54, 1.807) is 21.3 Å². The molecule has 5 unspecified atom stereocenters. The quantitative estimate of drug-likeness (QED) is 0.498. The summed E-state index contributed by atoms with van der Waals surface area (Å²) in [6.45, 7) is 5.19. The van der Waals surface area contributed by atoms with E-state index in [1.165, 1.54) is 0 Å². The second-order valence-corrected chi connectivity index (χ2v) is 6.31. The van der Waals surface area contributed by atoms with Gasteiger partial charge in [-0.05, 0) is 12.8 Å². The highest BCUT2D eigenvalue weighted by Crippen LogP contribution is 2.38. The molecule has 0 amide bonds. The molecule has 0 radical (unpaired) electrons. The molecule has 0 aromatic carbocycles. The van der Waals surface area contributed by atoms with Crippen molar-refractivity contribution in [1.29, 1.82) is 0 Å². The van der Waals surface area contributed by atoms with Crippen LogP contribution in [0, 0.1) is 5.92 Å². The third-order valence-electron chi connectivity index (χ3n) is 4.19. The van der Waals surface area contributed by atoms with Crippen LogP contribution in [0.4, 0.5) is 0 Å². The number of hydrogen-bond acceptors (Lipinski definition) is 4. The fourth-order valence-corrected chi connectivity index (χ4v) is 4.47. The van der Waals surface area contributed by atoms with E-state index in [1.807, 2.05) is 0 Å². The fraction of sp³-hybridized carbons (Fsp3) is 1.00. The molecule has 0 saturated carbocycles. The van der Waals surface area contributed by atoms with Gasteiger partial charge in [0.25, 0.3) is 0 Å². The van der Waals surface area contributed by atoms with Crippen LogP contribution >= 0.6 is 22.9 Å². The third kappa shape index (κ3) is 3.81. The Morgan fingerprint density at radius 2 is 1.63 bits per heavy atom. The molecule has 0 spiro atoms. The van der Waals surface area contributed by atoms with Gasteiger partial charge in [-0.25, -0.2) is 3.11 Å². The Morgan fingerprint density at radius 1 is 1.00 bits per heavy atom. The lowest BCUT2D eigenvalue weighted by molar-refractivity contribution is -0.140. The van der Waals surface area contributed by atoms with Gasteiger partial charge in [-0.1, -0.05) is 20.3 Å². The highest BCUT2D eigenvalue weighted by atomic mass is 127. The van der Waals surface area contributed by atoms with Crippen molar-refractivity contribution in [2.45, 2.75) is 57.4 Å². The zero-order chi connectivity index (χ0) is 14.4. The van der Waals surface area contributed by atoms with Crippen LogP contribution < -0.4 is 0 Å². The Labute approximate surface area is 131 Å². The minimum absolute atomic E-state index is 0.139. The average Bonchev–Trinajstić information content (AvgIpc) is 2.42. The molecule has 5 heteroatoms. The molecule has 0 aromatic heterocycles. The van der Waals surface area contributed by atoms with Gasteiger partial charge in [-0.15, -0.1) is 0 Å². The zero-order valence-corrected chi connectivity index (χ0v) is 14.9. The van der Waals surface area contributed by atoms with Gasteiger partial charge in [-0.2, -0.15) is 0 Å². The van der Waals surface area contributed by atoms with E-state index in [2.05, 4.69) is 39.8 Å². The highest BCUT2D eigenvalue weighted by Gasteiger charge is 2.48. The highest BCUT2D eigenvalue weighted by molar-refractivity contribution is 14.1. The SMILES string of the molecule is CCCC1C(OC)C(OC)C(CC)C(COC)N1I. The first kappa shape index (κ1) is 17.6. The van der Waals surface area contributed by atoms with Crippen LogP contribution in [0.5, 0.6) is 0 Å². The number of hydrogen-bond donors (Lipinski definition) is 0. The van der Waals surface area contributed by atoms with Gasteiger partial charge < -0.3 is 14.2 Å². The molecule has 4 nitrogen and oxygen atoms in total. The fourth-order valence-electron chi connectivity index (χ4n) is 3.30. The summed E-state index contributed by atoms with van der Waals surface area (Å²) in [7, 11) is 5.37. The van der Waals surface area contributed by atoms with Crippen LogP contribution in [0.25, 0.3) is 0 Å². The smallest absolute Gasteiger partial charge is 0.0998 e. The van der Waals surface area contributed by atoms with E-state index in [0.29, 0.717) is 18.0 Å². The van der Waals surface area contributed by atoms with Gasteiger partial charge in [0.05, 0.1) is 18.8 Å². The van der Waals surface area contributed by atoms with Crippen molar-refractivity contribution >= 4 is 22.9 Å². The maximum absolute atomic E-state index is 5.79. The molecule has 1 aliphatic heterocycles. The van der Waals surface area contributed by atoms with Crippen molar-refractivity contribution in [1.82, 2.24) is 3.11 Å². The molecule has 1 fully saturated rings. The largest absolute Gasteiger partial charge is 0.383 e. The summed E-state index contributed by atoms with van der Waals surface area (Å²) in [6.07, 6.45) is 3.64. The molecule has 1 saturated heterocycles. The summed E-state index contributed by atoms with van der Waals surface area (Å²) >= 11 is 2.45. The van der Waals surface area contributed by atoms with Gasteiger partial charge >= 0.3 is 0 Å². The van der Waals surface area contributed by atoms with Crippen molar-refractivity contribution in [3.63, 3.8) is 0 Å². The molecule has 1 aliphatic rings. The molecule has 0 aromatic rings. The first-order valence-electron chi connectivity index (χ1n) is 7.14. The number of nitrogens with zero attached hydrogens (tertiary/aromatic N) is 1. The molecule has 1 heterocycles. The maximum atomic E-state index is 5.79. The first-order valence-corrected chi connectivity index (χ1v) is 8.11. The van der Waals surface area contributed by atoms with Gasteiger partial charge in [0.15, 0.2) is 0 Å². The van der Waals surface area contributed by atoms with E-state index in [9.17, 15) is 0 Å². The minimum Gasteiger partial charge on any atom is -0.383 e. The van der Waals surface area contributed by atoms with Crippen LogP contribution in [0.2, 0.25) is 0 Å². The summed E-state index contributed by atoms with van der Waals surface area (Å²) in [6, 6.07) is 0.784. The Hall–Kier alpha value is 0.570. The predicted molar refractivity (Wildman–Crippen MR) is 85.6 cm³/mol. The van der Waals surface area contributed by atoms with Crippen molar-refractivity contribution < 1.29 is 14.2 Å². The van der Waals surface area contributed by atoms with E-state index in [-0.39, 0.29) is 12.2 Å². The Balaban J connectivity index is 3.00. The number of methoxy groups -OCH3 is 3. The van der Waals surface area contributed by atoms with Crippen molar-refractivity contribution in [3.05, 3.63) is 0 Å². The van der Waals surface area contributed by atoms with Gasteiger partial charge in [-0.3, -0.25) is 0 Å². The molecule has 1 rings (SSSR count). The van der Waals surface area contributed by atoms with Gasteiger partial charge in [0.2, 0.25) is 0 Å². The Morgan fingerprint density at radius 3 is 2.05 bits per heavy atom. The average molecular weight is 385 g/mol. The van der Waals surface area contributed by atoms with E-state index >= 15 is 0 Å². The molecule has 0 N–H and O–H groups in total. The van der Waals surface area contributed by atoms with Crippen molar-refractivity contribution in [2.24, 2.45) is 5.92 Å². The summed E-state index contributed by atoms with van der Waals surface area (Å²) in [5, 5.41) is 0. The summed E-state index contributed by atoms with van der Waals surface area (Å²) < 4.78 is 19.4. The van der Waals surface area contributed by atoms with E-state index < -0.39 is 0 Å².